The van der Waals surface area contributed by atoms with Gasteiger partial charge in [-0.3, -0.25) is 9.69 Å². The summed E-state index contributed by atoms with van der Waals surface area (Å²) in [6, 6.07) is -0.275. The molecule has 9 nitrogen and oxygen atoms in total. The molecule has 9 heteroatoms. The van der Waals surface area contributed by atoms with Crippen LogP contribution >= 0.6 is 0 Å². The molecule has 1 N–H and O–H groups in total. The first-order chi connectivity index (χ1) is 17.2. The van der Waals surface area contributed by atoms with Gasteiger partial charge in [-0.25, -0.2) is 0 Å². The number of hydrogen-bond acceptors (Lipinski definition) is 9. The van der Waals surface area contributed by atoms with Crippen LogP contribution < -0.4 is 0 Å². The monoisotopic (exact) mass is 505 g/mol. The molecule has 0 aromatic carbocycles. The van der Waals surface area contributed by atoms with Gasteiger partial charge >= 0.3 is 5.97 Å². The highest BCUT2D eigenvalue weighted by molar-refractivity contribution is 5.67. The van der Waals surface area contributed by atoms with E-state index in [2.05, 4.69) is 30.9 Å². The Morgan fingerprint density at radius 2 is 1.92 bits per heavy atom. The van der Waals surface area contributed by atoms with Crippen LogP contribution in [0, 0.1) is 28.6 Å². The fourth-order valence-electron chi connectivity index (χ4n) is 11.2. The number of likely N-dealkylation sites (tertiary alicyclic amines) is 1. The smallest absolute Gasteiger partial charge is 0.303 e. The standard InChI is InChI=1S/C27H39NO8/c1-7-28-12-23(3)9-8-17(32-5)26-20(23)21(36-14(2)29)27(22(26)28)25(34-13-35-27)11-16(31-4)15-10-24(26,30)19(25)18(15)33-6/h8-9,15-22,30H,7,10-13H2,1-6H3/t15-,16+,17+,18+,19+,20-,21+,22+,23+,24+,25-,26-,27-/m1/s1. The summed E-state index contributed by atoms with van der Waals surface area (Å²) in [6.07, 6.45) is 3.95. The molecule has 0 unspecified atom stereocenters. The quantitative estimate of drug-likeness (QED) is 0.436. The molecule has 6 fully saturated rings. The van der Waals surface area contributed by atoms with E-state index in [1.54, 1.807) is 21.3 Å². The predicted molar refractivity (Wildman–Crippen MR) is 126 cm³/mol. The molecular formula is C27H39NO8. The number of carbonyl (C=O) groups excluding carboxylic acids is 1. The summed E-state index contributed by atoms with van der Waals surface area (Å²) in [5.74, 6) is -0.940. The number of hydrogen-bond donors (Lipinski definition) is 1. The lowest BCUT2D eigenvalue weighted by Gasteiger charge is -2.70. The Morgan fingerprint density at radius 1 is 1.14 bits per heavy atom. The molecule has 3 spiro atoms. The summed E-state index contributed by atoms with van der Waals surface area (Å²) < 4.78 is 38.5. The second-order valence-corrected chi connectivity index (χ2v) is 12.5. The van der Waals surface area contributed by atoms with E-state index >= 15 is 0 Å². The minimum absolute atomic E-state index is 0.00764. The number of fused-ring (bicyclic) bond motifs is 1. The maximum Gasteiger partial charge on any atom is 0.303 e. The summed E-state index contributed by atoms with van der Waals surface area (Å²) in [5, 5.41) is 13.4. The van der Waals surface area contributed by atoms with Gasteiger partial charge in [0, 0.05) is 64.4 Å². The molecule has 0 aromatic rings. The average Bonchev–Trinajstić information content (AvgIpc) is 3.40. The first-order valence-corrected chi connectivity index (χ1v) is 13.4. The van der Waals surface area contributed by atoms with E-state index in [0.29, 0.717) is 12.8 Å². The van der Waals surface area contributed by atoms with Crippen LogP contribution in [0.2, 0.25) is 0 Å². The number of piperidine rings is 1. The Labute approximate surface area is 212 Å². The van der Waals surface area contributed by atoms with E-state index in [0.717, 1.165) is 13.1 Å². The van der Waals surface area contributed by atoms with Crippen molar-refractivity contribution in [3.63, 3.8) is 0 Å². The Balaban J connectivity index is 1.62. The van der Waals surface area contributed by atoms with Crippen LogP contribution in [0.4, 0.5) is 0 Å². The lowest BCUT2D eigenvalue weighted by Crippen LogP contribution is -2.85. The normalized spacial score (nSPS) is 59.8. The van der Waals surface area contributed by atoms with Gasteiger partial charge in [0.25, 0.3) is 0 Å². The Hall–Kier alpha value is -1.07. The number of methoxy groups -OCH3 is 3. The molecule has 2 saturated heterocycles. The van der Waals surface area contributed by atoms with Gasteiger partial charge in [0.05, 0.1) is 35.4 Å². The van der Waals surface area contributed by atoms with Crippen molar-refractivity contribution in [3.05, 3.63) is 12.2 Å². The molecule has 0 radical (unpaired) electrons. The summed E-state index contributed by atoms with van der Waals surface area (Å²) in [7, 11) is 5.15. The molecule has 5 aliphatic carbocycles. The summed E-state index contributed by atoms with van der Waals surface area (Å²) in [5.41, 5.74) is -4.32. The zero-order chi connectivity index (χ0) is 25.5. The first kappa shape index (κ1) is 24.0. The molecule has 2 heterocycles. The number of nitrogens with zero attached hydrogens (tertiary/aromatic N) is 1. The predicted octanol–water partition coefficient (Wildman–Crippen LogP) is 1.13. The van der Waals surface area contributed by atoms with Gasteiger partial charge in [0.2, 0.25) is 0 Å². The van der Waals surface area contributed by atoms with Crippen molar-refractivity contribution >= 4 is 5.97 Å². The van der Waals surface area contributed by atoms with Crippen LogP contribution in [0.25, 0.3) is 0 Å². The molecule has 7 aliphatic rings. The van der Waals surface area contributed by atoms with Crippen LogP contribution in [-0.2, 0) is 33.2 Å². The lowest BCUT2D eigenvalue weighted by atomic mass is 9.42. The van der Waals surface area contributed by atoms with E-state index in [1.807, 2.05) is 0 Å². The van der Waals surface area contributed by atoms with Gasteiger partial charge in [-0.05, 0) is 13.0 Å². The lowest BCUT2D eigenvalue weighted by molar-refractivity contribution is -0.317. The fourth-order valence-corrected chi connectivity index (χ4v) is 11.2. The van der Waals surface area contributed by atoms with Crippen LogP contribution in [0.15, 0.2) is 12.2 Å². The zero-order valence-electron chi connectivity index (χ0n) is 22.1. The molecule has 13 atom stereocenters. The first-order valence-electron chi connectivity index (χ1n) is 13.4. The summed E-state index contributed by atoms with van der Waals surface area (Å²) in [6.45, 7) is 7.45. The highest BCUT2D eigenvalue weighted by Crippen LogP contribution is 2.83. The van der Waals surface area contributed by atoms with Crippen molar-refractivity contribution in [2.24, 2.45) is 28.6 Å². The van der Waals surface area contributed by atoms with Crippen molar-refractivity contribution < 1.29 is 38.3 Å². The van der Waals surface area contributed by atoms with Gasteiger partial charge in [0.15, 0.2) is 5.60 Å². The van der Waals surface area contributed by atoms with Crippen molar-refractivity contribution in [2.45, 2.75) is 80.9 Å². The van der Waals surface area contributed by atoms with E-state index in [4.69, 9.17) is 28.4 Å². The number of esters is 1. The third-order valence-electron chi connectivity index (χ3n) is 11.7. The third-order valence-corrected chi connectivity index (χ3v) is 11.7. The van der Waals surface area contributed by atoms with Crippen molar-refractivity contribution in [3.8, 4) is 0 Å². The SMILES string of the molecule is CCN1C[C@]2(C)C=C[C@H](OC)[C@@]34[C@H]1[C@]1(OCO[C@@]15C[C@H](OC)[C@H]1C[C@]3(O)[C@@H]5[C@H]1OC)[C@@H](OC(C)=O)[C@@H]42. The average molecular weight is 506 g/mol. The number of rotatable bonds is 5. The second kappa shape index (κ2) is 7.11. The van der Waals surface area contributed by atoms with E-state index in [9.17, 15) is 9.90 Å². The van der Waals surface area contributed by atoms with E-state index in [1.165, 1.54) is 6.92 Å². The van der Waals surface area contributed by atoms with Crippen LogP contribution in [0.1, 0.15) is 33.6 Å². The maximum atomic E-state index is 13.4. The number of aliphatic hydroxyl groups is 1. The Kier molecular flexibility index (Phi) is 4.74. The van der Waals surface area contributed by atoms with Gasteiger partial charge in [-0.15, -0.1) is 0 Å². The highest BCUT2D eigenvalue weighted by atomic mass is 16.7. The molecule has 36 heavy (non-hydrogen) atoms. The van der Waals surface area contributed by atoms with Crippen molar-refractivity contribution in [1.29, 1.82) is 0 Å². The van der Waals surface area contributed by atoms with Crippen molar-refractivity contribution in [1.82, 2.24) is 4.90 Å². The largest absolute Gasteiger partial charge is 0.459 e. The molecule has 7 rings (SSSR count). The van der Waals surface area contributed by atoms with Gasteiger partial charge in [-0.2, -0.15) is 0 Å². The van der Waals surface area contributed by atoms with Gasteiger partial charge < -0.3 is 33.5 Å². The summed E-state index contributed by atoms with van der Waals surface area (Å²) in [4.78, 5) is 15.2. The molecule has 2 aliphatic heterocycles. The minimum atomic E-state index is -1.21. The van der Waals surface area contributed by atoms with E-state index in [-0.39, 0.29) is 54.2 Å². The maximum absolute atomic E-state index is 13.4. The fraction of sp³-hybridized carbons (Fsp3) is 0.889. The third kappa shape index (κ3) is 2.12. The Bertz CT molecular complexity index is 1020. The van der Waals surface area contributed by atoms with Crippen molar-refractivity contribution in [2.75, 3.05) is 41.2 Å². The molecule has 0 amide bonds. The molecular weight excluding hydrogens is 466 g/mol. The number of ether oxygens (including phenoxy) is 6. The topological polar surface area (TPSA) is 95.9 Å². The van der Waals surface area contributed by atoms with E-state index < -0.39 is 34.4 Å². The van der Waals surface area contributed by atoms with Crippen LogP contribution in [0.3, 0.4) is 0 Å². The molecule has 0 aromatic heterocycles. The number of carbonyl (C=O) groups is 1. The highest BCUT2D eigenvalue weighted by Gasteiger charge is 2.97. The number of likely N-dealkylation sites (N-methyl/N-ethyl adjacent to an activating group) is 1. The molecule has 7 bridgehead atoms. The van der Waals surface area contributed by atoms with Crippen LogP contribution in [0.5, 0.6) is 0 Å². The molecule has 4 saturated carbocycles. The zero-order valence-corrected chi connectivity index (χ0v) is 22.1. The Morgan fingerprint density at radius 3 is 2.56 bits per heavy atom. The second-order valence-electron chi connectivity index (χ2n) is 12.5. The van der Waals surface area contributed by atoms with Gasteiger partial charge in [-0.1, -0.05) is 26.0 Å². The minimum Gasteiger partial charge on any atom is -0.459 e. The summed E-state index contributed by atoms with van der Waals surface area (Å²) >= 11 is 0. The molecule has 200 valence electrons. The van der Waals surface area contributed by atoms with Crippen LogP contribution in [-0.4, -0.2) is 104 Å². The van der Waals surface area contributed by atoms with Gasteiger partial charge in [0.1, 0.15) is 18.5 Å².